The van der Waals surface area contributed by atoms with Crippen LogP contribution in [0, 0.1) is 5.82 Å². The standard InChI is InChI=1S/C8H9ClFNS/c9-4-1-5-12-8-3-2-7(10)6-11-8/h2-3,6H,1,4-5H2. The summed E-state index contributed by atoms with van der Waals surface area (Å²) in [5.74, 6) is 1.30. The fourth-order valence-electron chi connectivity index (χ4n) is 0.679. The fraction of sp³-hybridized carbons (Fsp3) is 0.375. The Balaban J connectivity index is 2.37. The van der Waals surface area contributed by atoms with E-state index in [0.717, 1.165) is 17.2 Å². The third-order valence-corrected chi connectivity index (χ3v) is 2.53. The molecule has 4 heteroatoms. The number of rotatable bonds is 4. The quantitative estimate of drug-likeness (QED) is 0.426. The smallest absolute Gasteiger partial charge is 0.141 e. The first-order valence-corrected chi connectivity index (χ1v) is 5.15. The van der Waals surface area contributed by atoms with Crippen LogP contribution in [0.15, 0.2) is 23.4 Å². The molecule has 1 aromatic heterocycles. The molecule has 0 N–H and O–H groups in total. The van der Waals surface area contributed by atoms with Crippen LogP contribution in [0.4, 0.5) is 4.39 Å². The van der Waals surface area contributed by atoms with Crippen molar-refractivity contribution in [2.24, 2.45) is 0 Å². The highest BCUT2D eigenvalue weighted by molar-refractivity contribution is 7.99. The maximum absolute atomic E-state index is 12.4. The monoisotopic (exact) mass is 205 g/mol. The lowest BCUT2D eigenvalue weighted by atomic mass is 10.5. The summed E-state index contributed by atoms with van der Waals surface area (Å²) in [5, 5.41) is 0.849. The van der Waals surface area contributed by atoms with Crippen LogP contribution in [0.3, 0.4) is 0 Å². The van der Waals surface area contributed by atoms with E-state index in [9.17, 15) is 4.39 Å². The van der Waals surface area contributed by atoms with E-state index in [0.29, 0.717) is 5.88 Å². The molecule has 12 heavy (non-hydrogen) atoms. The highest BCUT2D eigenvalue weighted by Gasteiger charge is 1.95. The number of hydrogen-bond donors (Lipinski definition) is 0. The van der Waals surface area contributed by atoms with Gasteiger partial charge >= 0.3 is 0 Å². The van der Waals surface area contributed by atoms with Crippen molar-refractivity contribution in [3.05, 3.63) is 24.1 Å². The Hall–Kier alpha value is -0.280. The molecular weight excluding hydrogens is 197 g/mol. The van der Waals surface area contributed by atoms with Gasteiger partial charge in [0.1, 0.15) is 5.82 Å². The van der Waals surface area contributed by atoms with Gasteiger partial charge in [0.05, 0.1) is 11.2 Å². The molecule has 0 atom stereocenters. The van der Waals surface area contributed by atoms with Crippen LogP contribution in [0.5, 0.6) is 0 Å². The molecule has 0 unspecified atom stereocenters. The zero-order valence-corrected chi connectivity index (χ0v) is 8.04. The molecule has 0 bridgehead atoms. The summed E-state index contributed by atoms with van der Waals surface area (Å²) in [6.45, 7) is 0. The number of pyridine rings is 1. The van der Waals surface area contributed by atoms with E-state index in [2.05, 4.69) is 4.98 Å². The average molecular weight is 206 g/mol. The van der Waals surface area contributed by atoms with Crippen molar-refractivity contribution in [2.45, 2.75) is 11.4 Å². The van der Waals surface area contributed by atoms with Crippen molar-refractivity contribution in [2.75, 3.05) is 11.6 Å². The van der Waals surface area contributed by atoms with Crippen molar-refractivity contribution in [3.8, 4) is 0 Å². The van der Waals surface area contributed by atoms with Crippen LogP contribution in [0.1, 0.15) is 6.42 Å². The van der Waals surface area contributed by atoms with Crippen LogP contribution >= 0.6 is 23.4 Å². The SMILES string of the molecule is Fc1ccc(SCCCCl)nc1. The number of alkyl halides is 1. The predicted octanol–water partition coefficient (Wildman–Crippen LogP) is 2.94. The molecule has 1 rings (SSSR count). The Bertz CT molecular complexity index is 227. The molecule has 66 valence electrons. The topological polar surface area (TPSA) is 12.9 Å². The molecule has 1 aromatic rings. The molecule has 1 heterocycles. The summed E-state index contributed by atoms with van der Waals surface area (Å²) >= 11 is 7.09. The minimum Gasteiger partial charge on any atom is -0.247 e. The van der Waals surface area contributed by atoms with Gasteiger partial charge in [-0.15, -0.1) is 23.4 Å². The lowest BCUT2D eigenvalue weighted by Crippen LogP contribution is -1.84. The second kappa shape index (κ2) is 5.38. The van der Waals surface area contributed by atoms with Crippen LogP contribution in [0.25, 0.3) is 0 Å². The molecule has 0 saturated heterocycles. The Morgan fingerprint density at radius 3 is 2.92 bits per heavy atom. The highest BCUT2D eigenvalue weighted by atomic mass is 35.5. The Labute approximate surface area is 80.3 Å². The Morgan fingerprint density at radius 2 is 2.33 bits per heavy atom. The van der Waals surface area contributed by atoms with E-state index in [1.165, 1.54) is 12.3 Å². The number of hydrogen-bond acceptors (Lipinski definition) is 2. The number of thioether (sulfide) groups is 1. The molecule has 0 aliphatic heterocycles. The minimum atomic E-state index is -0.295. The maximum atomic E-state index is 12.4. The first kappa shape index (κ1) is 9.81. The lowest BCUT2D eigenvalue weighted by Gasteiger charge is -1.97. The van der Waals surface area contributed by atoms with Crippen LogP contribution < -0.4 is 0 Å². The molecule has 0 aliphatic rings. The Kier molecular flexibility index (Phi) is 4.40. The minimum absolute atomic E-state index is 0.295. The van der Waals surface area contributed by atoms with Crippen molar-refractivity contribution in [1.82, 2.24) is 4.98 Å². The number of aromatic nitrogens is 1. The van der Waals surface area contributed by atoms with Crippen LogP contribution in [-0.4, -0.2) is 16.6 Å². The second-order valence-electron chi connectivity index (χ2n) is 2.21. The van der Waals surface area contributed by atoms with E-state index in [4.69, 9.17) is 11.6 Å². The molecule has 0 spiro atoms. The van der Waals surface area contributed by atoms with Crippen molar-refractivity contribution in [3.63, 3.8) is 0 Å². The van der Waals surface area contributed by atoms with Gasteiger partial charge in [-0.3, -0.25) is 0 Å². The van der Waals surface area contributed by atoms with Gasteiger partial charge in [-0.1, -0.05) is 0 Å². The maximum Gasteiger partial charge on any atom is 0.141 e. The van der Waals surface area contributed by atoms with Gasteiger partial charge < -0.3 is 0 Å². The number of halogens is 2. The molecular formula is C8H9ClFNS. The van der Waals surface area contributed by atoms with Gasteiger partial charge in [0.15, 0.2) is 0 Å². The average Bonchev–Trinajstić information content (AvgIpc) is 2.09. The molecule has 0 aliphatic carbocycles. The largest absolute Gasteiger partial charge is 0.247 e. The van der Waals surface area contributed by atoms with Gasteiger partial charge in [0.2, 0.25) is 0 Å². The molecule has 0 saturated carbocycles. The van der Waals surface area contributed by atoms with Gasteiger partial charge in [-0.2, -0.15) is 0 Å². The first-order valence-electron chi connectivity index (χ1n) is 3.63. The van der Waals surface area contributed by atoms with Gasteiger partial charge in [0.25, 0.3) is 0 Å². The number of nitrogens with zero attached hydrogens (tertiary/aromatic N) is 1. The highest BCUT2D eigenvalue weighted by Crippen LogP contribution is 2.15. The normalized spacial score (nSPS) is 10.2. The van der Waals surface area contributed by atoms with E-state index in [-0.39, 0.29) is 5.82 Å². The summed E-state index contributed by atoms with van der Waals surface area (Å²) in [6, 6.07) is 3.09. The Morgan fingerprint density at radius 1 is 1.50 bits per heavy atom. The van der Waals surface area contributed by atoms with Crippen molar-refractivity contribution < 1.29 is 4.39 Å². The zero-order chi connectivity index (χ0) is 8.81. The second-order valence-corrected chi connectivity index (χ2v) is 3.70. The molecule has 1 nitrogen and oxygen atoms in total. The van der Waals surface area contributed by atoms with Crippen molar-refractivity contribution in [1.29, 1.82) is 0 Å². The summed E-state index contributed by atoms with van der Waals surface area (Å²) < 4.78 is 12.4. The third-order valence-electron chi connectivity index (χ3n) is 1.23. The van der Waals surface area contributed by atoms with Gasteiger partial charge in [-0.05, 0) is 18.6 Å². The van der Waals surface area contributed by atoms with E-state index in [1.54, 1.807) is 17.8 Å². The summed E-state index contributed by atoms with van der Waals surface area (Å²) in [4.78, 5) is 3.89. The van der Waals surface area contributed by atoms with Crippen molar-refractivity contribution >= 4 is 23.4 Å². The van der Waals surface area contributed by atoms with Crippen LogP contribution in [-0.2, 0) is 0 Å². The van der Waals surface area contributed by atoms with E-state index >= 15 is 0 Å². The first-order chi connectivity index (χ1) is 5.83. The molecule has 0 radical (unpaired) electrons. The predicted molar refractivity (Wildman–Crippen MR) is 50.3 cm³/mol. The van der Waals surface area contributed by atoms with E-state index in [1.807, 2.05) is 0 Å². The van der Waals surface area contributed by atoms with E-state index < -0.39 is 0 Å². The molecule has 0 fully saturated rings. The fourth-order valence-corrected chi connectivity index (χ4v) is 1.76. The third kappa shape index (κ3) is 3.41. The molecule has 0 aromatic carbocycles. The zero-order valence-electron chi connectivity index (χ0n) is 6.46. The summed E-state index contributed by atoms with van der Waals surface area (Å²) in [5.41, 5.74) is 0. The molecule has 0 amide bonds. The van der Waals surface area contributed by atoms with Gasteiger partial charge in [0, 0.05) is 11.6 Å². The van der Waals surface area contributed by atoms with Crippen LogP contribution in [0.2, 0.25) is 0 Å². The summed E-state index contributed by atoms with van der Waals surface area (Å²) in [6.07, 6.45) is 2.17. The van der Waals surface area contributed by atoms with Gasteiger partial charge in [-0.25, -0.2) is 9.37 Å². The summed E-state index contributed by atoms with van der Waals surface area (Å²) in [7, 11) is 0. The lowest BCUT2D eigenvalue weighted by molar-refractivity contribution is 0.618.